The van der Waals surface area contributed by atoms with E-state index < -0.39 is 0 Å². The fourth-order valence-electron chi connectivity index (χ4n) is 1.36. The van der Waals surface area contributed by atoms with Crippen LogP contribution in [0.3, 0.4) is 0 Å². The number of benzene rings is 1. The van der Waals surface area contributed by atoms with Crippen molar-refractivity contribution in [3.05, 3.63) is 42.6 Å². The molecule has 2 N–H and O–H groups in total. The monoisotopic (exact) mass is 211 g/mol. The van der Waals surface area contributed by atoms with Crippen molar-refractivity contribution < 1.29 is 4.74 Å². The van der Waals surface area contributed by atoms with Gasteiger partial charge < -0.3 is 10.5 Å². The Kier molecular flexibility index (Phi) is 3.10. The Hall–Kier alpha value is -1.97. The number of hydrogen-bond donors (Lipinski definition) is 1. The SMILES string of the molecule is C[B]c1cccnc1Oc1ccc(N)cc1. The van der Waals surface area contributed by atoms with E-state index in [1.807, 2.05) is 38.4 Å². The van der Waals surface area contributed by atoms with Crippen LogP contribution < -0.4 is 15.9 Å². The zero-order valence-corrected chi connectivity index (χ0v) is 9.05. The fourth-order valence-corrected chi connectivity index (χ4v) is 1.36. The van der Waals surface area contributed by atoms with E-state index in [0.717, 1.165) is 16.9 Å². The minimum atomic E-state index is 0.606. The Morgan fingerprint density at radius 2 is 1.94 bits per heavy atom. The Balaban J connectivity index is 2.23. The molecule has 0 aliphatic rings. The number of aromatic nitrogens is 1. The zero-order valence-electron chi connectivity index (χ0n) is 9.05. The molecule has 0 amide bonds. The number of rotatable bonds is 3. The molecule has 0 atom stereocenters. The molecule has 0 saturated carbocycles. The maximum absolute atomic E-state index is 5.66. The summed E-state index contributed by atoms with van der Waals surface area (Å²) >= 11 is 0. The third kappa shape index (κ3) is 2.34. The number of anilines is 1. The van der Waals surface area contributed by atoms with Crippen LogP contribution in [0.15, 0.2) is 42.6 Å². The fraction of sp³-hybridized carbons (Fsp3) is 0.0833. The highest BCUT2D eigenvalue weighted by Gasteiger charge is 2.03. The van der Waals surface area contributed by atoms with Crippen LogP contribution in [0.1, 0.15) is 0 Å². The third-order valence-electron chi connectivity index (χ3n) is 2.21. The standard InChI is InChI=1S/C12H12BN2O/c1-13-11-3-2-8-15-12(11)16-10-6-4-9(14)5-7-10/h2-8H,14H2,1H3. The van der Waals surface area contributed by atoms with Gasteiger partial charge in [-0.1, -0.05) is 12.9 Å². The maximum atomic E-state index is 5.66. The van der Waals surface area contributed by atoms with Crippen LogP contribution >= 0.6 is 0 Å². The molecule has 0 aliphatic carbocycles. The molecule has 1 heterocycles. The van der Waals surface area contributed by atoms with Gasteiger partial charge in [-0.25, -0.2) is 4.98 Å². The molecule has 2 rings (SSSR count). The van der Waals surface area contributed by atoms with Crippen LogP contribution in [0.25, 0.3) is 0 Å². The first-order valence-corrected chi connectivity index (χ1v) is 5.07. The van der Waals surface area contributed by atoms with Crippen LogP contribution in [0.4, 0.5) is 5.69 Å². The van der Waals surface area contributed by atoms with E-state index >= 15 is 0 Å². The number of nitrogens with two attached hydrogens (primary N) is 1. The molecule has 1 aromatic heterocycles. The van der Waals surface area contributed by atoms with Crippen molar-refractivity contribution >= 4 is 18.4 Å². The zero-order chi connectivity index (χ0) is 11.4. The highest BCUT2D eigenvalue weighted by Crippen LogP contribution is 2.18. The third-order valence-corrected chi connectivity index (χ3v) is 2.21. The molecule has 1 radical (unpaired) electrons. The average molecular weight is 211 g/mol. The van der Waals surface area contributed by atoms with Gasteiger partial charge in [0.2, 0.25) is 5.88 Å². The first kappa shape index (κ1) is 10.5. The summed E-state index contributed by atoms with van der Waals surface area (Å²) in [6.45, 7) is 1.95. The summed E-state index contributed by atoms with van der Waals surface area (Å²) in [4.78, 5) is 4.18. The van der Waals surface area contributed by atoms with Crippen molar-refractivity contribution in [3.63, 3.8) is 0 Å². The maximum Gasteiger partial charge on any atom is 0.212 e. The number of ether oxygens (including phenoxy) is 1. The summed E-state index contributed by atoms with van der Waals surface area (Å²) in [5.74, 6) is 1.34. The van der Waals surface area contributed by atoms with E-state index in [4.69, 9.17) is 10.5 Å². The smallest absolute Gasteiger partial charge is 0.212 e. The van der Waals surface area contributed by atoms with Gasteiger partial charge in [0.1, 0.15) is 5.75 Å². The minimum Gasteiger partial charge on any atom is -0.440 e. The van der Waals surface area contributed by atoms with Crippen LogP contribution in [-0.4, -0.2) is 12.3 Å². The van der Waals surface area contributed by atoms with Gasteiger partial charge in [-0.05, 0) is 35.8 Å². The predicted molar refractivity (Wildman–Crippen MR) is 66.4 cm³/mol. The van der Waals surface area contributed by atoms with Crippen molar-refractivity contribution in [2.45, 2.75) is 6.82 Å². The highest BCUT2D eigenvalue weighted by atomic mass is 16.5. The largest absolute Gasteiger partial charge is 0.440 e. The van der Waals surface area contributed by atoms with Crippen molar-refractivity contribution in [1.29, 1.82) is 0 Å². The summed E-state index contributed by atoms with van der Waals surface area (Å²) in [5, 5.41) is 0. The van der Waals surface area contributed by atoms with E-state index in [1.165, 1.54) is 0 Å². The Bertz CT molecular complexity index is 471. The van der Waals surface area contributed by atoms with Gasteiger partial charge in [0, 0.05) is 11.9 Å². The molecule has 16 heavy (non-hydrogen) atoms. The summed E-state index contributed by atoms with van der Waals surface area (Å²) < 4.78 is 5.66. The minimum absolute atomic E-state index is 0.606. The van der Waals surface area contributed by atoms with E-state index in [-0.39, 0.29) is 0 Å². The van der Waals surface area contributed by atoms with Crippen LogP contribution in [0.5, 0.6) is 11.6 Å². The molecule has 79 valence electrons. The lowest BCUT2D eigenvalue weighted by Gasteiger charge is -2.08. The predicted octanol–water partition coefficient (Wildman–Crippen LogP) is 1.83. The quantitative estimate of drug-likeness (QED) is 0.622. The van der Waals surface area contributed by atoms with Gasteiger partial charge in [0.15, 0.2) is 7.28 Å². The molecule has 4 heteroatoms. The van der Waals surface area contributed by atoms with E-state index in [0.29, 0.717) is 5.88 Å². The molecule has 0 unspecified atom stereocenters. The molecule has 1 aromatic carbocycles. The van der Waals surface area contributed by atoms with Gasteiger partial charge >= 0.3 is 0 Å². The molecular weight excluding hydrogens is 199 g/mol. The molecule has 0 saturated heterocycles. The summed E-state index contributed by atoms with van der Waals surface area (Å²) in [5.41, 5.74) is 7.29. The second-order valence-electron chi connectivity index (χ2n) is 3.36. The summed E-state index contributed by atoms with van der Waals surface area (Å²) in [6.07, 6.45) is 1.71. The van der Waals surface area contributed by atoms with Crippen LogP contribution in [-0.2, 0) is 0 Å². The first-order valence-electron chi connectivity index (χ1n) is 5.07. The topological polar surface area (TPSA) is 48.1 Å². The molecule has 0 aliphatic heterocycles. The van der Waals surface area contributed by atoms with E-state index in [2.05, 4.69) is 4.98 Å². The van der Waals surface area contributed by atoms with Crippen molar-refractivity contribution in [3.8, 4) is 11.6 Å². The highest BCUT2D eigenvalue weighted by molar-refractivity contribution is 6.53. The average Bonchev–Trinajstić information content (AvgIpc) is 2.33. The Morgan fingerprint density at radius 1 is 1.19 bits per heavy atom. The normalized spacial score (nSPS) is 9.81. The summed E-state index contributed by atoms with van der Waals surface area (Å²) in [6, 6.07) is 11.1. The number of nitrogens with zero attached hydrogens (tertiary/aromatic N) is 1. The second-order valence-corrected chi connectivity index (χ2v) is 3.36. The first-order chi connectivity index (χ1) is 7.79. The molecule has 0 fully saturated rings. The van der Waals surface area contributed by atoms with Crippen LogP contribution in [0, 0.1) is 0 Å². The lowest BCUT2D eigenvalue weighted by atomic mass is 9.74. The molecule has 3 nitrogen and oxygen atoms in total. The van der Waals surface area contributed by atoms with Crippen molar-refractivity contribution in [1.82, 2.24) is 4.98 Å². The van der Waals surface area contributed by atoms with E-state index in [1.54, 1.807) is 18.3 Å². The van der Waals surface area contributed by atoms with Crippen LogP contribution in [0.2, 0.25) is 6.82 Å². The lowest BCUT2D eigenvalue weighted by Crippen LogP contribution is -2.14. The second kappa shape index (κ2) is 4.70. The van der Waals surface area contributed by atoms with Gasteiger partial charge in [-0.15, -0.1) is 0 Å². The van der Waals surface area contributed by atoms with Gasteiger partial charge in [0.05, 0.1) is 0 Å². The molecule has 2 aromatic rings. The van der Waals surface area contributed by atoms with Gasteiger partial charge in [-0.2, -0.15) is 0 Å². The van der Waals surface area contributed by atoms with E-state index in [9.17, 15) is 0 Å². The number of nitrogen functional groups attached to an aromatic ring is 1. The molecular formula is C12H12BN2O. The molecule has 0 spiro atoms. The van der Waals surface area contributed by atoms with Crippen molar-refractivity contribution in [2.24, 2.45) is 0 Å². The van der Waals surface area contributed by atoms with Crippen molar-refractivity contribution in [2.75, 3.05) is 5.73 Å². The summed E-state index contributed by atoms with van der Waals surface area (Å²) in [7, 11) is 1.96. The van der Waals surface area contributed by atoms with Gasteiger partial charge in [0.25, 0.3) is 0 Å². The molecule has 0 bridgehead atoms. The van der Waals surface area contributed by atoms with Gasteiger partial charge in [-0.3, -0.25) is 0 Å². The lowest BCUT2D eigenvalue weighted by molar-refractivity contribution is 0.467. The Labute approximate surface area is 95.5 Å². The number of pyridine rings is 1. The Morgan fingerprint density at radius 3 is 2.62 bits per heavy atom. The number of hydrogen-bond acceptors (Lipinski definition) is 3.